The van der Waals surface area contributed by atoms with Crippen molar-refractivity contribution >= 4 is 24.5 Å². The molecule has 0 amide bonds. The molecule has 0 aromatic carbocycles. The van der Waals surface area contributed by atoms with E-state index in [0.717, 1.165) is 15.2 Å². The molecule has 1 aliphatic heterocycles. The zero-order chi connectivity index (χ0) is 15.7. The average molecular weight is 309 g/mol. The molecule has 6 heteroatoms. The van der Waals surface area contributed by atoms with Gasteiger partial charge in [0, 0.05) is 16.3 Å². The molecule has 2 rings (SSSR count). The van der Waals surface area contributed by atoms with Gasteiger partial charge in [0.15, 0.2) is 0 Å². The van der Waals surface area contributed by atoms with Gasteiger partial charge in [0.2, 0.25) is 0 Å². The van der Waals surface area contributed by atoms with E-state index in [1.54, 1.807) is 11.3 Å². The smallest absolute Gasteiger partial charge is 0.400 e. The third-order valence-corrected chi connectivity index (χ3v) is 5.12. The Kier molecular flexibility index (Phi) is 4.95. The van der Waals surface area contributed by atoms with Gasteiger partial charge in [-0.15, -0.1) is 11.3 Å². The second kappa shape index (κ2) is 6.22. The molecule has 1 aromatic rings. The van der Waals surface area contributed by atoms with Gasteiger partial charge < -0.3 is 19.7 Å². The Morgan fingerprint density at radius 2 is 1.90 bits per heavy atom. The first-order chi connectivity index (χ1) is 9.79. The number of rotatable bonds is 5. The first-order valence-corrected chi connectivity index (χ1v) is 8.01. The molecule has 1 aliphatic rings. The predicted molar refractivity (Wildman–Crippen MR) is 88.2 cm³/mol. The van der Waals surface area contributed by atoms with Crippen LogP contribution >= 0.6 is 11.3 Å². The second-order valence-electron chi connectivity index (χ2n) is 6.30. The van der Waals surface area contributed by atoms with Gasteiger partial charge in [-0.1, -0.05) is 0 Å². The topological polar surface area (TPSA) is 50.7 Å². The summed E-state index contributed by atoms with van der Waals surface area (Å²) in [6.07, 6.45) is 2.09. The highest BCUT2D eigenvalue weighted by Gasteiger charge is 2.52. The molecule has 0 radical (unpaired) electrons. The largest absolute Gasteiger partial charge is 0.491 e. The first-order valence-electron chi connectivity index (χ1n) is 7.19. The summed E-state index contributed by atoms with van der Waals surface area (Å²) < 4.78 is 12.2. The van der Waals surface area contributed by atoms with E-state index in [-0.39, 0.29) is 24.9 Å². The zero-order valence-electron chi connectivity index (χ0n) is 13.4. The van der Waals surface area contributed by atoms with Crippen LogP contribution in [0.15, 0.2) is 17.6 Å². The van der Waals surface area contributed by atoms with Crippen LogP contribution in [0.4, 0.5) is 0 Å². The highest BCUT2D eigenvalue weighted by atomic mass is 32.1. The Hall–Kier alpha value is -0.655. The van der Waals surface area contributed by atoms with Crippen molar-refractivity contribution in [2.45, 2.75) is 45.5 Å². The summed E-state index contributed by atoms with van der Waals surface area (Å²) in [5, 5.41) is 12.3. The highest BCUT2D eigenvalue weighted by molar-refractivity contribution is 7.12. The van der Waals surface area contributed by atoms with Crippen molar-refractivity contribution in [3.05, 3.63) is 27.4 Å². The van der Waals surface area contributed by atoms with Crippen LogP contribution < -0.4 is 5.32 Å². The zero-order valence-corrected chi connectivity index (χ0v) is 14.2. The van der Waals surface area contributed by atoms with Crippen molar-refractivity contribution in [1.29, 1.82) is 0 Å². The van der Waals surface area contributed by atoms with Crippen LogP contribution in [-0.2, 0) is 15.9 Å². The number of hydrogen-bond acceptors (Lipinski definition) is 5. The van der Waals surface area contributed by atoms with Crippen LogP contribution in [0, 0.1) is 0 Å². The highest BCUT2D eigenvalue weighted by Crippen LogP contribution is 2.38. The van der Waals surface area contributed by atoms with Crippen LogP contribution in [0.1, 0.15) is 37.4 Å². The third kappa shape index (κ3) is 3.58. The molecule has 1 fully saturated rings. The van der Waals surface area contributed by atoms with Gasteiger partial charge in [-0.25, -0.2) is 0 Å². The molecule has 1 saturated heterocycles. The van der Waals surface area contributed by atoms with E-state index >= 15 is 0 Å². The second-order valence-corrected chi connectivity index (χ2v) is 7.50. The Morgan fingerprint density at radius 1 is 1.29 bits per heavy atom. The molecule has 2 N–H and O–H groups in total. The molecule has 2 heterocycles. The van der Waals surface area contributed by atoms with Crippen molar-refractivity contribution < 1.29 is 14.4 Å². The molecule has 0 atom stereocenters. The minimum absolute atomic E-state index is 0.0797. The van der Waals surface area contributed by atoms with Crippen molar-refractivity contribution in [1.82, 2.24) is 5.32 Å². The van der Waals surface area contributed by atoms with Crippen molar-refractivity contribution in [3.63, 3.8) is 0 Å². The minimum Gasteiger partial charge on any atom is -0.400 e. The lowest BCUT2D eigenvalue weighted by Crippen LogP contribution is -2.41. The fourth-order valence-electron chi connectivity index (χ4n) is 2.14. The number of aliphatic hydroxyl groups is 1. The van der Waals surface area contributed by atoms with E-state index < -0.39 is 0 Å². The van der Waals surface area contributed by atoms with Crippen LogP contribution in [0.5, 0.6) is 0 Å². The molecule has 0 aliphatic carbocycles. The van der Waals surface area contributed by atoms with Gasteiger partial charge in [-0.3, -0.25) is 0 Å². The molecule has 1 aromatic heterocycles. The van der Waals surface area contributed by atoms with E-state index in [4.69, 9.17) is 14.4 Å². The van der Waals surface area contributed by atoms with E-state index in [1.807, 2.05) is 19.2 Å². The summed E-state index contributed by atoms with van der Waals surface area (Å²) in [6, 6.07) is 3.95. The van der Waals surface area contributed by atoms with Gasteiger partial charge >= 0.3 is 7.12 Å². The molecule has 0 saturated carbocycles. The summed E-state index contributed by atoms with van der Waals surface area (Å²) >= 11 is 1.58. The summed E-state index contributed by atoms with van der Waals surface area (Å²) in [7, 11) is 1.56. The quantitative estimate of drug-likeness (QED) is 0.821. The first kappa shape index (κ1) is 16.7. The molecular formula is C15H24BNO3S. The lowest BCUT2D eigenvalue weighted by Gasteiger charge is -2.32. The summed E-state index contributed by atoms with van der Waals surface area (Å²) in [6.45, 7) is 9.00. The van der Waals surface area contributed by atoms with Gasteiger partial charge in [-0.2, -0.15) is 0 Å². The minimum atomic E-state index is -0.345. The lowest BCUT2D eigenvalue weighted by atomic mass is 9.77. The van der Waals surface area contributed by atoms with Crippen molar-refractivity contribution in [2.75, 3.05) is 13.6 Å². The molecule has 21 heavy (non-hydrogen) atoms. The van der Waals surface area contributed by atoms with Crippen LogP contribution in [0.2, 0.25) is 0 Å². The lowest BCUT2D eigenvalue weighted by molar-refractivity contribution is 0.00578. The van der Waals surface area contributed by atoms with E-state index in [0.29, 0.717) is 6.54 Å². The summed E-state index contributed by atoms with van der Waals surface area (Å²) in [4.78, 5) is 2.05. The normalized spacial score (nSPS) is 21.0. The maximum absolute atomic E-state index is 9.17. The number of hydrogen-bond donors (Lipinski definition) is 2. The third-order valence-electron chi connectivity index (χ3n) is 4.10. The molecular weight excluding hydrogens is 285 g/mol. The summed E-state index contributed by atoms with van der Waals surface area (Å²) in [5.41, 5.74) is 0.384. The van der Waals surface area contributed by atoms with Crippen LogP contribution in [0.25, 0.3) is 6.08 Å². The van der Waals surface area contributed by atoms with Gasteiger partial charge in [0.1, 0.15) is 0 Å². The molecule has 0 bridgehead atoms. The van der Waals surface area contributed by atoms with Gasteiger partial charge in [0.25, 0.3) is 0 Å². The maximum atomic E-state index is 9.17. The van der Waals surface area contributed by atoms with E-state index in [9.17, 15) is 0 Å². The summed E-state index contributed by atoms with van der Waals surface area (Å²) in [5.74, 6) is 0. The van der Waals surface area contributed by atoms with Gasteiger partial charge in [-0.05, 0) is 58.4 Å². The number of aliphatic hydroxyl groups excluding tert-OH is 1. The fourth-order valence-corrected chi connectivity index (χ4v) is 2.99. The Bertz CT molecular complexity index is 509. The molecule has 0 unspecified atom stereocenters. The Labute approximate surface area is 131 Å². The molecule has 116 valence electrons. The maximum Gasteiger partial charge on any atom is 0.491 e. The van der Waals surface area contributed by atoms with Crippen LogP contribution in [0.3, 0.4) is 0 Å². The number of thiophene rings is 1. The van der Waals surface area contributed by atoms with E-state index in [2.05, 4.69) is 39.1 Å². The fraction of sp³-hybridized carbons (Fsp3) is 0.600. The van der Waals surface area contributed by atoms with E-state index in [1.165, 1.54) is 0 Å². The average Bonchev–Trinajstić information content (AvgIpc) is 2.92. The SMILES string of the molecule is CNCC(=Cc1ccc(CO)s1)B1OC(C)(C)C(C)(C)O1. The molecule has 4 nitrogen and oxygen atoms in total. The molecule has 0 spiro atoms. The Morgan fingerprint density at radius 3 is 2.38 bits per heavy atom. The number of nitrogens with one attached hydrogen (secondary N) is 1. The van der Waals surface area contributed by atoms with Crippen molar-refractivity contribution in [3.8, 4) is 0 Å². The number of likely N-dealkylation sites (N-methyl/N-ethyl adjacent to an activating group) is 1. The van der Waals surface area contributed by atoms with Gasteiger partial charge in [0.05, 0.1) is 17.8 Å². The predicted octanol–water partition coefficient (Wildman–Crippen LogP) is 2.47. The van der Waals surface area contributed by atoms with Crippen molar-refractivity contribution in [2.24, 2.45) is 0 Å². The monoisotopic (exact) mass is 309 g/mol. The Balaban J connectivity index is 2.24. The van der Waals surface area contributed by atoms with Crippen LogP contribution in [-0.4, -0.2) is 37.0 Å². The standard InChI is InChI=1S/C15H24BNO3S/c1-14(2)15(3,4)20-16(19-14)11(9-17-5)8-12-6-7-13(10-18)21-12/h6-8,17-18H,9-10H2,1-5H3.